The molecule has 1 heterocycles. The lowest BCUT2D eigenvalue weighted by Crippen LogP contribution is -2.48. The topological polar surface area (TPSA) is 49.9 Å². The molecular formula is C17H19ClN2O3S. The molecule has 5 nitrogen and oxygen atoms in total. The molecule has 3 rings (SSSR count). The summed E-state index contributed by atoms with van der Waals surface area (Å²) in [5, 5.41) is 0.293. The number of ether oxygens (including phenoxy) is 1. The number of benzene rings is 2. The zero-order valence-electron chi connectivity index (χ0n) is 13.4. The van der Waals surface area contributed by atoms with Crippen LogP contribution in [0.5, 0.6) is 5.75 Å². The number of nitrogens with zero attached hydrogens (tertiary/aromatic N) is 2. The molecule has 0 spiro atoms. The highest BCUT2D eigenvalue weighted by molar-refractivity contribution is 7.89. The van der Waals surface area contributed by atoms with Gasteiger partial charge in [0.1, 0.15) is 5.75 Å². The molecule has 0 aliphatic carbocycles. The number of piperazine rings is 1. The number of hydrogen-bond donors (Lipinski definition) is 0. The Balaban J connectivity index is 1.74. The van der Waals surface area contributed by atoms with Crippen molar-refractivity contribution in [1.29, 1.82) is 0 Å². The summed E-state index contributed by atoms with van der Waals surface area (Å²) in [5.74, 6) is 0.463. The predicted molar refractivity (Wildman–Crippen MR) is 95.4 cm³/mol. The molecule has 1 fully saturated rings. The van der Waals surface area contributed by atoms with E-state index < -0.39 is 10.0 Å². The Labute approximate surface area is 147 Å². The molecule has 24 heavy (non-hydrogen) atoms. The number of rotatable bonds is 4. The summed E-state index contributed by atoms with van der Waals surface area (Å²) in [4.78, 5) is 2.38. The fraction of sp³-hybridized carbons (Fsp3) is 0.294. The van der Waals surface area contributed by atoms with Crippen molar-refractivity contribution in [3.05, 3.63) is 53.6 Å². The zero-order valence-corrected chi connectivity index (χ0v) is 14.9. The van der Waals surface area contributed by atoms with E-state index in [1.807, 2.05) is 30.3 Å². The molecule has 0 bridgehead atoms. The lowest BCUT2D eigenvalue weighted by Gasteiger charge is -2.35. The van der Waals surface area contributed by atoms with Gasteiger partial charge < -0.3 is 9.64 Å². The predicted octanol–water partition coefficient (Wildman–Crippen LogP) is 2.86. The number of para-hydroxylation sites is 1. The quantitative estimate of drug-likeness (QED) is 0.834. The van der Waals surface area contributed by atoms with Crippen LogP contribution in [0.15, 0.2) is 53.4 Å². The molecule has 2 aromatic carbocycles. The van der Waals surface area contributed by atoms with Gasteiger partial charge in [0.25, 0.3) is 0 Å². The minimum absolute atomic E-state index is 0.196. The highest BCUT2D eigenvalue weighted by atomic mass is 35.5. The third-order valence-corrected chi connectivity index (χ3v) is 6.31. The molecule has 0 N–H and O–H groups in total. The summed E-state index contributed by atoms with van der Waals surface area (Å²) in [6, 6.07) is 14.6. The summed E-state index contributed by atoms with van der Waals surface area (Å²) in [5.41, 5.74) is 1.11. The Hall–Kier alpha value is -1.76. The maximum absolute atomic E-state index is 12.8. The molecular weight excluding hydrogens is 348 g/mol. The Bertz CT molecular complexity index is 804. The minimum atomic E-state index is -3.55. The van der Waals surface area contributed by atoms with E-state index in [1.54, 1.807) is 6.07 Å². The first-order chi connectivity index (χ1) is 11.5. The fourth-order valence-electron chi connectivity index (χ4n) is 2.78. The van der Waals surface area contributed by atoms with Gasteiger partial charge >= 0.3 is 0 Å². The fourth-order valence-corrected chi connectivity index (χ4v) is 4.55. The maximum atomic E-state index is 12.8. The normalized spacial score (nSPS) is 16.2. The Kier molecular flexibility index (Phi) is 4.99. The number of hydrogen-bond acceptors (Lipinski definition) is 4. The van der Waals surface area contributed by atoms with Crippen molar-refractivity contribution in [2.75, 3.05) is 38.2 Å². The van der Waals surface area contributed by atoms with Gasteiger partial charge in [-0.05, 0) is 30.3 Å². The summed E-state index contributed by atoms with van der Waals surface area (Å²) >= 11 is 6.06. The highest BCUT2D eigenvalue weighted by Crippen LogP contribution is 2.29. The van der Waals surface area contributed by atoms with Crippen LogP contribution in [0.1, 0.15) is 0 Å². The molecule has 0 atom stereocenters. The maximum Gasteiger partial charge on any atom is 0.243 e. The van der Waals surface area contributed by atoms with Gasteiger partial charge in [-0.2, -0.15) is 4.31 Å². The van der Waals surface area contributed by atoms with Crippen LogP contribution in [0.2, 0.25) is 5.02 Å². The largest absolute Gasteiger partial charge is 0.495 e. The molecule has 0 amide bonds. The second-order valence-corrected chi connectivity index (χ2v) is 7.87. The van der Waals surface area contributed by atoms with Crippen LogP contribution in [0.25, 0.3) is 0 Å². The molecule has 0 radical (unpaired) electrons. The number of sulfonamides is 1. The summed E-state index contributed by atoms with van der Waals surface area (Å²) in [6.07, 6.45) is 0. The van der Waals surface area contributed by atoms with Gasteiger partial charge in [0.05, 0.1) is 17.0 Å². The van der Waals surface area contributed by atoms with Gasteiger partial charge in [-0.25, -0.2) is 8.42 Å². The van der Waals surface area contributed by atoms with Crippen LogP contribution in [0.3, 0.4) is 0 Å². The second-order valence-electron chi connectivity index (χ2n) is 5.52. The van der Waals surface area contributed by atoms with E-state index in [-0.39, 0.29) is 4.90 Å². The molecule has 1 aliphatic heterocycles. The first kappa shape index (κ1) is 17.1. The molecule has 128 valence electrons. The summed E-state index contributed by atoms with van der Waals surface area (Å²) in [6.45, 7) is 2.21. The first-order valence-corrected chi connectivity index (χ1v) is 9.48. The Morgan fingerprint density at radius 2 is 1.67 bits per heavy atom. The van der Waals surface area contributed by atoms with Crippen LogP contribution in [-0.2, 0) is 10.0 Å². The molecule has 1 saturated heterocycles. The van der Waals surface area contributed by atoms with E-state index in [0.29, 0.717) is 37.0 Å². The van der Waals surface area contributed by atoms with Crippen LogP contribution in [-0.4, -0.2) is 46.0 Å². The van der Waals surface area contributed by atoms with Gasteiger partial charge in [-0.3, -0.25) is 0 Å². The van der Waals surface area contributed by atoms with Gasteiger partial charge in [0.2, 0.25) is 10.0 Å². The van der Waals surface area contributed by atoms with E-state index in [2.05, 4.69) is 4.90 Å². The average molecular weight is 367 g/mol. The van der Waals surface area contributed by atoms with E-state index in [1.165, 1.54) is 23.5 Å². The number of methoxy groups -OCH3 is 1. The zero-order chi connectivity index (χ0) is 17.2. The van der Waals surface area contributed by atoms with Crippen molar-refractivity contribution >= 4 is 27.3 Å². The molecule has 1 aliphatic rings. The van der Waals surface area contributed by atoms with Crippen LogP contribution in [0, 0.1) is 0 Å². The van der Waals surface area contributed by atoms with Crippen LogP contribution in [0.4, 0.5) is 5.69 Å². The lowest BCUT2D eigenvalue weighted by molar-refractivity contribution is 0.384. The van der Waals surface area contributed by atoms with E-state index in [4.69, 9.17) is 16.3 Å². The summed E-state index contributed by atoms with van der Waals surface area (Å²) < 4.78 is 32.2. The van der Waals surface area contributed by atoms with Gasteiger partial charge in [-0.15, -0.1) is 0 Å². The van der Waals surface area contributed by atoms with Gasteiger partial charge in [0, 0.05) is 31.9 Å². The van der Waals surface area contributed by atoms with Crippen molar-refractivity contribution in [2.24, 2.45) is 0 Å². The van der Waals surface area contributed by atoms with Crippen molar-refractivity contribution < 1.29 is 13.2 Å². The molecule has 0 aromatic heterocycles. The molecule has 0 unspecified atom stereocenters. The lowest BCUT2D eigenvalue weighted by atomic mass is 10.2. The van der Waals surface area contributed by atoms with Crippen molar-refractivity contribution in [3.63, 3.8) is 0 Å². The monoisotopic (exact) mass is 366 g/mol. The summed E-state index contributed by atoms with van der Waals surface area (Å²) in [7, 11) is -2.05. The van der Waals surface area contributed by atoms with Crippen molar-refractivity contribution in [2.45, 2.75) is 4.90 Å². The third kappa shape index (κ3) is 3.36. The third-order valence-electron chi connectivity index (χ3n) is 4.12. The minimum Gasteiger partial charge on any atom is -0.495 e. The SMILES string of the molecule is COc1ccc(S(=O)(=O)N2CCN(c3ccccc3)CC2)cc1Cl. The van der Waals surface area contributed by atoms with Gasteiger partial charge in [0.15, 0.2) is 0 Å². The average Bonchev–Trinajstić information content (AvgIpc) is 2.62. The van der Waals surface area contributed by atoms with Crippen LogP contribution < -0.4 is 9.64 Å². The molecule has 7 heteroatoms. The molecule has 2 aromatic rings. The van der Waals surface area contributed by atoms with E-state index in [0.717, 1.165) is 5.69 Å². The number of halogens is 1. The number of anilines is 1. The van der Waals surface area contributed by atoms with E-state index >= 15 is 0 Å². The standard InChI is InChI=1S/C17H19ClN2O3S/c1-23-17-8-7-15(13-16(17)18)24(21,22)20-11-9-19(10-12-20)14-5-3-2-4-6-14/h2-8,13H,9-12H2,1H3. The molecule has 0 saturated carbocycles. The highest BCUT2D eigenvalue weighted by Gasteiger charge is 2.29. The van der Waals surface area contributed by atoms with Crippen LogP contribution >= 0.6 is 11.6 Å². The Morgan fingerprint density at radius 3 is 2.25 bits per heavy atom. The Morgan fingerprint density at radius 1 is 1.00 bits per heavy atom. The van der Waals surface area contributed by atoms with Crippen molar-refractivity contribution in [3.8, 4) is 5.75 Å². The first-order valence-electron chi connectivity index (χ1n) is 7.66. The van der Waals surface area contributed by atoms with Gasteiger partial charge in [-0.1, -0.05) is 29.8 Å². The van der Waals surface area contributed by atoms with E-state index in [9.17, 15) is 8.42 Å². The van der Waals surface area contributed by atoms with Crippen molar-refractivity contribution in [1.82, 2.24) is 4.31 Å². The second kappa shape index (κ2) is 7.01. The smallest absolute Gasteiger partial charge is 0.243 e.